The summed E-state index contributed by atoms with van der Waals surface area (Å²) in [5, 5.41) is 21.5. The molecule has 2 N–H and O–H groups in total. The molecular formula is C22H19N3O6. The van der Waals surface area contributed by atoms with Crippen LogP contribution in [0.1, 0.15) is 25.3 Å². The van der Waals surface area contributed by atoms with Crippen LogP contribution in [0.15, 0.2) is 71.3 Å². The molecule has 0 saturated carbocycles. The molecule has 0 saturated heterocycles. The number of allylic oxidation sites excluding steroid dienone is 2. The first-order valence-corrected chi connectivity index (χ1v) is 9.34. The van der Waals surface area contributed by atoms with Gasteiger partial charge in [0.2, 0.25) is 5.88 Å². The van der Waals surface area contributed by atoms with Gasteiger partial charge in [0, 0.05) is 11.6 Å². The van der Waals surface area contributed by atoms with Gasteiger partial charge in [0.25, 0.3) is 5.69 Å². The number of ether oxygens (including phenoxy) is 3. The van der Waals surface area contributed by atoms with Gasteiger partial charge in [0.15, 0.2) is 0 Å². The number of nitriles is 1. The Morgan fingerprint density at radius 1 is 1.26 bits per heavy atom. The average Bonchev–Trinajstić information content (AvgIpc) is 2.74. The third-order valence-electron chi connectivity index (χ3n) is 4.59. The molecule has 1 heterocycles. The molecule has 0 bridgehead atoms. The fourth-order valence-electron chi connectivity index (χ4n) is 3.28. The van der Waals surface area contributed by atoms with Crippen molar-refractivity contribution in [3.8, 4) is 17.6 Å². The molecular weight excluding hydrogens is 402 g/mol. The van der Waals surface area contributed by atoms with Gasteiger partial charge in [-0.15, -0.1) is 0 Å². The van der Waals surface area contributed by atoms with Crippen LogP contribution in [0.5, 0.6) is 11.5 Å². The van der Waals surface area contributed by atoms with E-state index in [9.17, 15) is 20.2 Å². The Morgan fingerprint density at radius 3 is 2.58 bits per heavy atom. The van der Waals surface area contributed by atoms with Crippen LogP contribution in [-0.4, -0.2) is 17.5 Å². The van der Waals surface area contributed by atoms with Gasteiger partial charge in [-0.2, -0.15) is 5.26 Å². The minimum Gasteiger partial charge on any atom is -0.463 e. The summed E-state index contributed by atoms with van der Waals surface area (Å²) in [6.07, 6.45) is 0. The largest absolute Gasteiger partial charge is 0.463 e. The maximum absolute atomic E-state index is 12.7. The lowest BCUT2D eigenvalue weighted by molar-refractivity contribution is -0.385. The SMILES string of the molecule is CCOC(=O)C1=C(C)OC(N)=C(C#N)C1c1cc(Oc2ccccc2)ccc1[N+](=O)[O-]. The standard InChI is InChI=1S/C22H19N3O6/c1-3-29-22(26)19-13(2)30-21(24)17(12-23)20(19)16-11-15(9-10-18(16)25(27)28)31-14-7-5-4-6-8-14/h4-11,20H,3,24H2,1-2H3. The molecule has 1 aliphatic rings. The Kier molecular flexibility index (Phi) is 6.21. The van der Waals surface area contributed by atoms with E-state index in [-0.39, 0.29) is 46.4 Å². The number of nitrogens with zero attached hydrogens (tertiary/aromatic N) is 2. The molecule has 9 nitrogen and oxygen atoms in total. The monoisotopic (exact) mass is 421 g/mol. The number of rotatable bonds is 6. The van der Waals surface area contributed by atoms with Gasteiger partial charge in [-0.25, -0.2) is 4.79 Å². The lowest BCUT2D eigenvalue weighted by atomic mass is 9.82. The van der Waals surface area contributed by atoms with Gasteiger partial charge in [0.1, 0.15) is 28.9 Å². The molecule has 0 spiro atoms. The van der Waals surface area contributed by atoms with Crippen molar-refractivity contribution >= 4 is 11.7 Å². The van der Waals surface area contributed by atoms with E-state index in [2.05, 4.69) is 0 Å². The fraction of sp³-hybridized carbons (Fsp3) is 0.182. The normalized spacial score (nSPS) is 15.7. The highest BCUT2D eigenvalue weighted by Gasteiger charge is 2.39. The zero-order chi connectivity index (χ0) is 22.5. The molecule has 2 aromatic rings. The fourth-order valence-corrected chi connectivity index (χ4v) is 3.28. The minimum atomic E-state index is -1.16. The molecule has 0 amide bonds. The van der Waals surface area contributed by atoms with Crippen LogP contribution >= 0.6 is 0 Å². The van der Waals surface area contributed by atoms with Gasteiger partial charge in [-0.05, 0) is 38.1 Å². The summed E-state index contributed by atoms with van der Waals surface area (Å²) in [4.78, 5) is 23.9. The van der Waals surface area contributed by atoms with Crippen LogP contribution in [0.3, 0.4) is 0 Å². The zero-order valence-corrected chi connectivity index (χ0v) is 16.8. The van der Waals surface area contributed by atoms with E-state index in [1.807, 2.05) is 12.1 Å². The topological polar surface area (TPSA) is 138 Å². The van der Waals surface area contributed by atoms with Gasteiger partial charge in [-0.1, -0.05) is 18.2 Å². The molecule has 31 heavy (non-hydrogen) atoms. The van der Waals surface area contributed by atoms with E-state index in [4.69, 9.17) is 19.9 Å². The van der Waals surface area contributed by atoms with Crippen molar-refractivity contribution in [3.63, 3.8) is 0 Å². The highest BCUT2D eigenvalue weighted by Crippen LogP contribution is 2.44. The molecule has 158 valence electrons. The molecule has 9 heteroatoms. The van der Waals surface area contributed by atoms with E-state index in [0.717, 1.165) is 0 Å². The Labute approximate surface area is 178 Å². The second-order valence-corrected chi connectivity index (χ2v) is 6.51. The smallest absolute Gasteiger partial charge is 0.338 e. The Bertz CT molecular complexity index is 1130. The Morgan fingerprint density at radius 2 is 1.97 bits per heavy atom. The molecule has 2 aromatic carbocycles. The second-order valence-electron chi connectivity index (χ2n) is 6.51. The molecule has 1 unspecified atom stereocenters. The number of esters is 1. The van der Waals surface area contributed by atoms with E-state index >= 15 is 0 Å². The van der Waals surface area contributed by atoms with E-state index in [1.54, 1.807) is 31.2 Å². The summed E-state index contributed by atoms with van der Waals surface area (Å²) in [7, 11) is 0. The number of benzene rings is 2. The molecule has 0 aromatic heterocycles. The highest BCUT2D eigenvalue weighted by atomic mass is 16.6. The summed E-state index contributed by atoms with van der Waals surface area (Å²) >= 11 is 0. The number of nitro benzene ring substituents is 1. The summed E-state index contributed by atoms with van der Waals surface area (Å²) < 4.78 is 16.3. The predicted molar refractivity (Wildman–Crippen MR) is 110 cm³/mol. The maximum atomic E-state index is 12.7. The number of para-hydroxylation sites is 1. The first kappa shape index (κ1) is 21.4. The maximum Gasteiger partial charge on any atom is 0.338 e. The summed E-state index contributed by atoms with van der Waals surface area (Å²) in [5.74, 6) is -1.24. The van der Waals surface area contributed by atoms with E-state index < -0.39 is 16.8 Å². The van der Waals surface area contributed by atoms with Crippen molar-refractivity contribution in [1.82, 2.24) is 0 Å². The molecule has 1 aliphatic heterocycles. The van der Waals surface area contributed by atoms with Gasteiger partial charge in [-0.3, -0.25) is 10.1 Å². The lowest BCUT2D eigenvalue weighted by Gasteiger charge is -2.26. The molecule has 0 aliphatic carbocycles. The van der Waals surface area contributed by atoms with Crippen molar-refractivity contribution in [2.45, 2.75) is 19.8 Å². The summed E-state index contributed by atoms with van der Waals surface area (Å²) in [5.41, 5.74) is 5.47. The second kappa shape index (κ2) is 9.00. The minimum absolute atomic E-state index is 0.0347. The van der Waals surface area contributed by atoms with Crippen molar-refractivity contribution in [2.24, 2.45) is 5.73 Å². The van der Waals surface area contributed by atoms with Crippen LogP contribution < -0.4 is 10.5 Å². The number of carbonyl (C=O) groups is 1. The quantitative estimate of drug-likeness (QED) is 0.419. The van der Waals surface area contributed by atoms with Gasteiger partial charge >= 0.3 is 5.97 Å². The zero-order valence-electron chi connectivity index (χ0n) is 16.8. The third-order valence-corrected chi connectivity index (χ3v) is 4.59. The van der Waals surface area contributed by atoms with Crippen molar-refractivity contribution < 1.29 is 23.9 Å². The molecule has 1 atom stereocenters. The summed E-state index contributed by atoms with van der Waals surface area (Å²) in [6.45, 7) is 3.18. The van der Waals surface area contributed by atoms with Gasteiger partial charge in [0.05, 0.1) is 23.0 Å². The number of carbonyl (C=O) groups excluding carboxylic acids is 1. The number of nitrogens with two attached hydrogens (primary N) is 1. The number of hydrogen-bond acceptors (Lipinski definition) is 8. The summed E-state index contributed by atoms with van der Waals surface area (Å²) in [6, 6.07) is 14.8. The first-order valence-electron chi connectivity index (χ1n) is 9.34. The van der Waals surface area contributed by atoms with Crippen molar-refractivity contribution in [2.75, 3.05) is 6.61 Å². The Balaban J connectivity index is 2.20. The molecule has 0 radical (unpaired) electrons. The van der Waals surface area contributed by atoms with Crippen molar-refractivity contribution in [3.05, 3.63) is 87.0 Å². The van der Waals surface area contributed by atoms with Crippen LogP contribution in [0, 0.1) is 21.4 Å². The van der Waals surface area contributed by atoms with Crippen LogP contribution in [0.25, 0.3) is 0 Å². The third kappa shape index (κ3) is 4.33. The first-order chi connectivity index (χ1) is 14.9. The van der Waals surface area contributed by atoms with Crippen molar-refractivity contribution in [1.29, 1.82) is 5.26 Å². The van der Waals surface area contributed by atoms with Crippen LogP contribution in [-0.2, 0) is 14.3 Å². The predicted octanol–water partition coefficient (Wildman–Crippen LogP) is 4.03. The lowest BCUT2D eigenvalue weighted by Crippen LogP contribution is -2.26. The van der Waals surface area contributed by atoms with E-state index in [1.165, 1.54) is 25.1 Å². The highest BCUT2D eigenvalue weighted by molar-refractivity contribution is 5.93. The van der Waals surface area contributed by atoms with E-state index in [0.29, 0.717) is 5.75 Å². The van der Waals surface area contributed by atoms with Gasteiger partial charge < -0.3 is 19.9 Å². The number of nitro groups is 1. The number of hydrogen-bond donors (Lipinski definition) is 1. The molecule has 3 rings (SSSR count). The Hall–Kier alpha value is -4.32. The average molecular weight is 421 g/mol. The van der Waals surface area contributed by atoms with Crippen LogP contribution in [0.2, 0.25) is 0 Å². The molecule has 0 fully saturated rings. The van der Waals surface area contributed by atoms with Crippen LogP contribution in [0.4, 0.5) is 5.69 Å².